The zero-order valence-corrected chi connectivity index (χ0v) is 64.4. The van der Waals surface area contributed by atoms with E-state index in [1.54, 1.807) is 0 Å². The van der Waals surface area contributed by atoms with Crippen LogP contribution in [-0.4, -0.2) is 96.7 Å². The molecule has 0 saturated heterocycles. The molecule has 3 N–H and O–H groups in total. The van der Waals surface area contributed by atoms with Crippen LogP contribution in [0.25, 0.3) is 0 Å². The van der Waals surface area contributed by atoms with E-state index in [0.29, 0.717) is 32.1 Å². The molecule has 0 aromatic heterocycles. The Morgan fingerprint density at radius 3 is 0.840 bits per heavy atom. The molecule has 0 fully saturated rings. The van der Waals surface area contributed by atoms with E-state index >= 15 is 0 Å². The number of hydrogen-bond acceptors (Lipinski definition) is 15. The third-order valence-electron chi connectivity index (χ3n) is 15.9. The van der Waals surface area contributed by atoms with Crippen molar-refractivity contribution < 1.29 is 80.2 Å². The van der Waals surface area contributed by atoms with Crippen LogP contribution < -0.4 is 0 Å². The van der Waals surface area contributed by atoms with Gasteiger partial charge >= 0.3 is 39.5 Å². The number of hydrogen-bond donors (Lipinski definition) is 3. The molecular formula is C81H138O17P2. The number of esters is 4. The SMILES string of the molecule is CC/C=C\C/C=C\C/C=C\C/C=C\CCCCCCC(=O)OCC(COP(=O)(O)OCC(O)COP(=O)(O)OCC(COC(=O)CCCCCCC/C=C\CCCCCCCC)OC(=O)CCCCCCC/C=C\CCCCCC)OC(=O)CCCC/C=C\C/C=C\C/C=C\C/C=C\CC. The van der Waals surface area contributed by atoms with Crippen LogP contribution in [0.2, 0.25) is 0 Å². The molecule has 0 bridgehead atoms. The van der Waals surface area contributed by atoms with Gasteiger partial charge in [0.05, 0.1) is 26.4 Å². The third kappa shape index (κ3) is 71.8. The highest BCUT2D eigenvalue weighted by atomic mass is 31.2. The molecule has 0 heterocycles. The second kappa shape index (κ2) is 72.8. The van der Waals surface area contributed by atoms with Crippen molar-refractivity contribution in [3.63, 3.8) is 0 Å². The van der Waals surface area contributed by atoms with Crippen LogP contribution in [0.5, 0.6) is 0 Å². The summed E-state index contributed by atoms with van der Waals surface area (Å²) in [6.07, 6.45) is 79.0. The molecule has 100 heavy (non-hydrogen) atoms. The van der Waals surface area contributed by atoms with Gasteiger partial charge in [0, 0.05) is 25.7 Å². The van der Waals surface area contributed by atoms with Crippen LogP contribution in [0.15, 0.2) is 122 Å². The number of carbonyl (C=O) groups is 4. The number of unbranched alkanes of at least 4 members (excludes halogenated alkanes) is 26. The number of carbonyl (C=O) groups excluding carboxylic acids is 4. The van der Waals surface area contributed by atoms with Gasteiger partial charge in [-0.15, -0.1) is 0 Å². The number of ether oxygens (including phenoxy) is 4. The highest BCUT2D eigenvalue weighted by molar-refractivity contribution is 7.47. The molecule has 0 amide bonds. The zero-order valence-electron chi connectivity index (χ0n) is 62.6. The molecule has 0 aliphatic carbocycles. The molecule has 0 saturated carbocycles. The molecule has 574 valence electrons. The molecule has 5 unspecified atom stereocenters. The Bertz CT molecular complexity index is 2370. The Kier molecular flexibility index (Phi) is 69.5. The minimum absolute atomic E-state index is 0.0341. The van der Waals surface area contributed by atoms with E-state index in [9.17, 15) is 43.2 Å². The molecule has 5 atom stereocenters. The first kappa shape index (κ1) is 95.5. The lowest BCUT2D eigenvalue weighted by Crippen LogP contribution is -2.30. The fourth-order valence-corrected chi connectivity index (χ4v) is 11.6. The van der Waals surface area contributed by atoms with E-state index in [2.05, 4.69) is 149 Å². The molecule has 0 aliphatic rings. The van der Waals surface area contributed by atoms with Crippen LogP contribution in [0.4, 0.5) is 0 Å². The Morgan fingerprint density at radius 1 is 0.290 bits per heavy atom. The molecule has 0 aromatic carbocycles. The van der Waals surface area contributed by atoms with Gasteiger partial charge in [-0.3, -0.25) is 37.3 Å². The average molecular weight is 1450 g/mol. The van der Waals surface area contributed by atoms with Crippen molar-refractivity contribution in [3.8, 4) is 0 Å². The summed E-state index contributed by atoms with van der Waals surface area (Å²) in [6, 6.07) is 0. The largest absolute Gasteiger partial charge is 0.472 e. The summed E-state index contributed by atoms with van der Waals surface area (Å²) >= 11 is 0. The highest BCUT2D eigenvalue weighted by Crippen LogP contribution is 2.45. The first-order chi connectivity index (χ1) is 48.7. The van der Waals surface area contributed by atoms with Gasteiger partial charge in [0.2, 0.25) is 0 Å². The number of phosphoric acid groups is 2. The van der Waals surface area contributed by atoms with Crippen LogP contribution in [-0.2, 0) is 65.4 Å². The lowest BCUT2D eigenvalue weighted by atomic mass is 10.1. The highest BCUT2D eigenvalue weighted by Gasteiger charge is 2.30. The number of rotatable bonds is 72. The van der Waals surface area contributed by atoms with Crippen molar-refractivity contribution in [3.05, 3.63) is 122 Å². The average Bonchev–Trinajstić information content (AvgIpc) is 1.06. The number of phosphoric ester groups is 2. The maximum atomic E-state index is 13.1. The first-order valence-electron chi connectivity index (χ1n) is 38.8. The molecular weight excluding hydrogens is 1310 g/mol. The van der Waals surface area contributed by atoms with Crippen LogP contribution in [0, 0.1) is 0 Å². The van der Waals surface area contributed by atoms with E-state index < -0.39 is 97.5 Å². The Hall–Kier alpha value is -4.54. The molecule has 0 rings (SSSR count). The summed E-state index contributed by atoms with van der Waals surface area (Å²) in [4.78, 5) is 72.9. The second-order valence-corrected chi connectivity index (χ2v) is 28.4. The summed E-state index contributed by atoms with van der Waals surface area (Å²) in [6.45, 7) is 4.54. The second-order valence-electron chi connectivity index (χ2n) is 25.5. The standard InChI is InChI=1S/C81H138O17P2/c1-5-9-13-17-21-25-29-33-36-37-40-43-46-50-54-58-62-66-79(84)92-72-77(98-81(86)68-64-60-56-52-48-44-39-35-31-27-23-19-15-11-7-3)74-96-100(89,90)94-70-75(82)69-93-99(87,88)95-73-76(97-80(85)67-63-59-55-51-47-41-32-28-24-20-16-12-8-4)71-91-78(83)65-61-57-53-49-45-42-38-34-30-26-22-18-14-10-6-2/h9,11,13,15,21,23,25,27-28,32-36,38-40,43,48,52,75-77,82H,5-8,10,12,14,16-20,22,24,26,29-31,37,41-42,44-47,49-51,53-74H2,1-4H3,(H,87,88)(H,89,90)/b13-9-,15-11-,25-21-,27-23-,32-28-,36-33-,38-34-,39-35-,43-40-,52-48-. The van der Waals surface area contributed by atoms with E-state index in [0.717, 1.165) is 161 Å². The fourth-order valence-electron chi connectivity index (χ4n) is 10.0. The minimum Gasteiger partial charge on any atom is -0.462 e. The molecule has 0 spiro atoms. The van der Waals surface area contributed by atoms with Crippen LogP contribution in [0.3, 0.4) is 0 Å². The Morgan fingerprint density at radius 2 is 0.520 bits per heavy atom. The van der Waals surface area contributed by atoms with Crippen molar-refractivity contribution in [2.75, 3.05) is 39.6 Å². The predicted molar refractivity (Wildman–Crippen MR) is 408 cm³/mol. The molecule has 0 radical (unpaired) electrons. The zero-order chi connectivity index (χ0) is 73.2. The summed E-state index contributed by atoms with van der Waals surface area (Å²) in [7, 11) is -9.98. The number of allylic oxidation sites excluding steroid dienone is 20. The molecule has 19 heteroatoms. The summed E-state index contributed by atoms with van der Waals surface area (Å²) < 4.78 is 68.4. The maximum Gasteiger partial charge on any atom is 0.472 e. The van der Waals surface area contributed by atoms with Crippen molar-refractivity contribution in [2.45, 2.75) is 329 Å². The third-order valence-corrected chi connectivity index (χ3v) is 17.8. The predicted octanol–water partition coefficient (Wildman–Crippen LogP) is 22.3. The lowest BCUT2D eigenvalue weighted by Gasteiger charge is -2.21. The summed E-state index contributed by atoms with van der Waals surface area (Å²) in [5, 5.41) is 10.6. The quantitative estimate of drug-likeness (QED) is 0.0169. The van der Waals surface area contributed by atoms with Gasteiger partial charge in [0.1, 0.15) is 19.3 Å². The van der Waals surface area contributed by atoms with Crippen molar-refractivity contribution in [1.82, 2.24) is 0 Å². The molecule has 0 aliphatic heterocycles. The van der Waals surface area contributed by atoms with E-state index in [1.807, 2.05) is 0 Å². The van der Waals surface area contributed by atoms with Gasteiger partial charge in [0.25, 0.3) is 0 Å². The molecule has 17 nitrogen and oxygen atoms in total. The van der Waals surface area contributed by atoms with Gasteiger partial charge < -0.3 is 33.8 Å². The number of aliphatic hydroxyl groups is 1. The van der Waals surface area contributed by atoms with Crippen LogP contribution >= 0.6 is 15.6 Å². The van der Waals surface area contributed by atoms with Gasteiger partial charge in [0.15, 0.2) is 12.2 Å². The van der Waals surface area contributed by atoms with Crippen molar-refractivity contribution in [1.29, 1.82) is 0 Å². The summed E-state index contributed by atoms with van der Waals surface area (Å²) in [5.41, 5.74) is 0. The first-order valence-corrected chi connectivity index (χ1v) is 41.8. The maximum absolute atomic E-state index is 13.1. The normalized spacial score (nSPS) is 14.6. The van der Waals surface area contributed by atoms with Crippen molar-refractivity contribution in [2.24, 2.45) is 0 Å². The van der Waals surface area contributed by atoms with Gasteiger partial charge in [-0.05, 0) is 154 Å². The van der Waals surface area contributed by atoms with Gasteiger partial charge in [-0.25, -0.2) is 9.13 Å². The monoisotopic (exact) mass is 1440 g/mol. The van der Waals surface area contributed by atoms with E-state index in [-0.39, 0.29) is 25.7 Å². The Balaban J connectivity index is 5.41. The summed E-state index contributed by atoms with van der Waals surface area (Å²) in [5.74, 6) is -2.27. The van der Waals surface area contributed by atoms with Crippen LogP contribution in [0.1, 0.15) is 310 Å². The fraction of sp³-hybridized carbons (Fsp3) is 0.704. The smallest absolute Gasteiger partial charge is 0.462 e. The van der Waals surface area contributed by atoms with Gasteiger partial charge in [-0.1, -0.05) is 252 Å². The lowest BCUT2D eigenvalue weighted by molar-refractivity contribution is -0.161. The van der Waals surface area contributed by atoms with E-state index in [4.69, 9.17) is 37.0 Å². The number of aliphatic hydroxyl groups excluding tert-OH is 1. The van der Waals surface area contributed by atoms with Gasteiger partial charge in [-0.2, -0.15) is 0 Å². The van der Waals surface area contributed by atoms with Crippen molar-refractivity contribution >= 4 is 39.5 Å². The topological polar surface area (TPSA) is 237 Å². The Labute approximate surface area is 606 Å². The molecule has 0 aromatic rings. The van der Waals surface area contributed by atoms with E-state index in [1.165, 1.54) is 64.2 Å². The minimum atomic E-state index is -4.99.